The average molecular weight is 423 g/mol. The number of hydrogen-bond donors (Lipinski definition) is 1. The Labute approximate surface area is 177 Å². The van der Waals surface area contributed by atoms with Crippen molar-refractivity contribution < 1.29 is 14.1 Å². The van der Waals surface area contributed by atoms with Crippen LogP contribution in [-0.4, -0.2) is 47.3 Å². The summed E-state index contributed by atoms with van der Waals surface area (Å²) < 4.78 is 11.8. The zero-order valence-corrected chi connectivity index (χ0v) is 17.5. The molecule has 4 aromatic rings. The molecule has 0 bridgehead atoms. The number of morpholine rings is 1. The van der Waals surface area contributed by atoms with Crippen LogP contribution in [0.25, 0.3) is 21.2 Å². The van der Waals surface area contributed by atoms with E-state index in [9.17, 15) is 4.79 Å². The molecular formula is C22H22N4O3S. The lowest BCUT2D eigenvalue weighted by Gasteiger charge is -2.26. The lowest BCUT2D eigenvalue weighted by atomic mass is 10.1. The number of benzene rings is 2. The number of aryl methyl sites for hydroxylation is 1. The molecule has 0 atom stereocenters. The third-order valence-corrected chi connectivity index (χ3v) is 6.17. The van der Waals surface area contributed by atoms with E-state index in [2.05, 4.69) is 32.5 Å². The standard InChI is InChI=1S/C22H22N4O3S/c1-14-2-5-19-16(10-14)18(25-29-19)12-21(27)24-22-23-17-4-3-15(11-20(17)30-22)13-26-6-8-28-9-7-26/h2-5,10-11H,6-9,12-13H2,1H3,(H,23,24,27). The Bertz CT molecular complexity index is 1210. The second-order valence-corrected chi connectivity index (χ2v) is 8.59. The Kier molecular flexibility index (Phi) is 5.20. The van der Waals surface area contributed by atoms with Gasteiger partial charge in [-0.25, -0.2) is 4.98 Å². The number of rotatable bonds is 5. The lowest BCUT2D eigenvalue weighted by molar-refractivity contribution is -0.115. The van der Waals surface area contributed by atoms with E-state index in [1.807, 2.05) is 31.2 Å². The zero-order chi connectivity index (χ0) is 20.5. The van der Waals surface area contributed by atoms with Gasteiger partial charge in [0.05, 0.1) is 29.9 Å². The number of ether oxygens (including phenoxy) is 1. The van der Waals surface area contributed by atoms with Crippen molar-refractivity contribution in [2.75, 3.05) is 31.6 Å². The number of carbonyl (C=O) groups is 1. The van der Waals surface area contributed by atoms with Gasteiger partial charge in [0.2, 0.25) is 5.91 Å². The summed E-state index contributed by atoms with van der Waals surface area (Å²) in [5.74, 6) is -0.153. The molecule has 5 rings (SSSR count). The van der Waals surface area contributed by atoms with Crippen molar-refractivity contribution in [2.24, 2.45) is 0 Å². The molecule has 1 N–H and O–H groups in total. The molecule has 1 fully saturated rings. The maximum Gasteiger partial charge on any atom is 0.232 e. The molecule has 0 spiro atoms. The molecule has 154 valence electrons. The van der Waals surface area contributed by atoms with Gasteiger partial charge in [0.1, 0.15) is 5.69 Å². The highest BCUT2D eigenvalue weighted by Crippen LogP contribution is 2.28. The summed E-state index contributed by atoms with van der Waals surface area (Å²) in [5, 5.41) is 8.45. The van der Waals surface area contributed by atoms with Gasteiger partial charge < -0.3 is 14.6 Å². The number of nitrogens with one attached hydrogen (secondary N) is 1. The normalized spacial score (nSPS) is 15.1. The van der Waals surface area contributed by atoms with Gasteiger partial charge in [0.15, 0.2) is 10.7 Å². The third kappa shape index (κ3) is 4.07. The maximum atomic E-state index is 12.6. The van der Waals surface area contributed by atoms with Crippen molar-refractivity contribution in [3.8, 4) is 0 Å². The smallest absolute Gasteiger partial charge is 0.232 e. The minimum Gasteiger partial charge on any atom is -0.379 e. The molecule has 1 aliphatic heterocycles. The van der Waals surface area contributed by atoms with E-state index < -0.39 is 0 Å². The number of nitrogens with zero attached hydrogens (tertiary/aromatic N) is 3. The average Bonchev–Trinajstić information content (AvgIpc) is 3.31. The van der Waals surface area contributed by atoms with Gasteiger partial charge in [-0.2, -0.15) is 0 Å². The second-order valence-electron chi connectivity index (χ2n) is 7.56. The Morgan fingerprint density at radius 2 is 2.07 bits per heavy atom. The Balaban J connectivity index is 1.28. The summed E-state index contributed by atoms with van der Waals surface area (Å²) in [7, 11) is 0. The van der Waals surface area contributed by atoms with E-state index in [0.29, 0.717) is 16.4 Å². The first-order valence-electron chi connectivity index (χ1n) is 9.98. The zero-order valence-electron chi connectivity index (χ0n) is 16.7. The first-order valence-corrected chi connectivity index (χ1v) is 10.8. The van der Waals surface area contributed by atoms with E-state index in [-0.39, 0.29) is 12.3 Å². The highest BCUT2D eigenvalue weighted by atomic mass is 32.1. The predicted molar refractivity (Wildman–Crippen MR) is 117 cm³/mol. The van der Waals surface area contributed by atoms with Crippen LogP contribution in [0.4, 0.5) is 5.13 Å². The minimum absolute atomic E-state index is 0.147. The van der Waals surface area contributed by atoms with E-state index in [1.165, 1.54) is 16.9 Å². The number of anilines is 1. The lowest BCUT2D eigenvalue weighted by Crippen LogP contribution is -2.35. The van der Waals surface area contributed by atoms with Crippen molar-refractivity contribution in [3.05, 3.63) is 53.2 Å². The first kappa shape index (κ1) is 19.2. The third-order valence-electron chi connectivity index (χ3n) is 5.24. The highest BCUT2D eigenvalue weighted by Gasteiger charge is 2.15. The van der Waals surface area contributed by atoms with E-state index in [1.54, 1.807) is 0 Å². The molecule has 2 aromatic carbocycles. The first-order chi connectivity index (χ1) is 14.6. The van der Waals surface area contributed by atoms with E-state index in [0.717, 1.165) is 54.0 Å². The topological polar surface area (TPSA) is 80.5 Å². The number of carbonyl (C=O) groups excluding carboxylic acids is 1. The molecule has 0 aliphatic carbocycles. The monoisotopic (exact) mass is 422 g/mol. The fourth-order valence-electron chi connectivity index (χ4n) is 3.68. The maximum absolute atomic E-state index is 12.6. The van der Waals surface area contributed by atoms with Gasteiger partial charge in [-0.05, 0) is 36.8 Å². The summed E-state index contributed by atoms with van der Waals surface area (Å²) in [6, 6.07) is 12.1. The Morgan fingerprint density at radius 3 is 2.93 bits per heavy atom. The van der Waals surface area contributed by atoms with Crippen LogP contribution in [0, 0.1) is 6.92 Å². The van der Waals surface area contributed by atoms with Crippen molar-refractivity contribution in [1.29, 1.82) is 0 Å². The van der Waals surface area contributed by atoms with E-state index >= 15 is 0 Å². The summed E-state index contributed by atoms with van der Waals surface area (Å²) in [5.41, 5.74) is 4.57. The SMILES string of the molecule is Cc1ccc2onc(CC(=O)Nc3nc4ccc(CN5CCOCC5)cc4s3)c2c1. The van der Waals surface area contributed by atoms with Crippen LogP contribution in [-0.2, 0) is 22.5 Å². The van der Waals surface area contributed by atoms with E-state index in [4.69, 9.17) is 9.26 Å². The van der Waals surface area contributed by atoms with Gasteiger partial charge in [-0.3, -0.25) is 9.69 Å². The van der Waals surface area contributed by atoms with Crippen LogP contribution in [0.5, 0.6) is 0 Å². The van der Waals surface area contributed by atoms with Crippen molar-refractivity contribution in [1.82, 2.24) is 15.0 Å². The van der Waals surface area contributed by atoms with Crippen molar-refractivity contribution in [2.45, 2.75) is 19.9 Å². The molecule has 1 amide bonds. The number of amides is 1. The van der Waals surface area contributed by atoms with Crippen LogP contribution in [0.2, 0.25) is 0 Å². The fraction of sp³-hybridized carbons (Fsp3) is 0.318. The molecule has 0 saturated carbocycles. The van der Waals surface area contributed by atoms with Gasteiger partial charge in [0, 0.05) is 25.0 Å². The quantitative estimate of drug-likeness (QED) is 0.528. The van der Waals surface area contributed by atoms with Crippen molar-refractivity contribution in [3.63, 3.8) is 0 Å². The highest BCUT2D eigenvalue weighted by molar-refractivity contribution is 7.22. The number of fused-ring (bicyclic) bond motifs is 2. The molecule has 0 unspecified atom stereocenters. The molecule has 1 saturated heterocycles. The molecular weight excluding hydrogens is 400 g/mol. The largest absolute Gasteiger partial charge is 0.379 e. The minimum atomic E-state index is -0.153. The Hall–Kier alpha value is -2.81. The van der Waals surface area contributed by atoms with Crippen LogP contribution in [0.3, 0.4) is 0 Å². The summed E-state index contributed by atoms with van der Waals surface area (Å²) in [4.78, 5) is 19.5. The molecule has 3 heterocycles. The molecule has 7 nitrogen and oxygen atoms in total. The summed E-state index contributed by atoms with van der Waals surface area (Å²) in [6.07, 6.45) is 0.147. The predicted octanol–water partition coefficient (Wildman–Crippen LogP) is 3.76. The summed E-state index contributed by atoms with van der Waals surface area (Å²) in [6.45, 7) is 6.40. The van der Waals surface area contributed by atoms with Crippen molar-refractivity contribution >= 4 is 43.6 Å². The van der Waals surface area contributed by atoms with Gasteiger partial charge in [0.25, 0.3) is 0 Å². The number of aromatic nitrogens is 2. The molecule has 0 radical (unpaired) electrons. The van der Waals surface area contributed by atoms with Crippen LogP contribution < -0.4 is 5.32 Å². The van der Waals surface area contributed by atoms with Crippen LogP contribution in [0.15, 0.2) is 40.9 Å². The van der Waals surface area contributed by atoms with Gasteiger partial charge in [-0.1, -0.05) is 34.2 Å². The number of hydrogen-bond acceptors (Lipinski definition) is 7. The molecule has 30 heavy (non-hydrogen) atoms. The van der Waals surface area contributed by atoms with Crippen LogP contribution in [0.1, 0.15) is 16.8 Å². The number of thiazole rings is 1. The Morgan fingerprint density at radius 1 is 1.20 bits per heavy atom. The fourth-order valence-corrected chi connectivity index (χ4v) is 4.63. The van der Waals surface area contributed by atoms with Gasteiger partial charge in [-0.15, -0.1) is 0 Å². The molecule has 2 aromatic heterocycles. The van der Waals surface area contributed by atoms with Crippen LogP contribution >= 0.6 is 11.3 Å². The second kappa shape index (κ2) is 8.14. The molecule has 1 aliphatic rings. The summed E-state index contributed by atoms with van der Waals surface area (Å²) >= 11 is 1.49. The van der Waals surface area contributed by atoms with Gasteiger partial charge >= 0.3 is 0 Å². The molecule has 8 heteroatoms.